The summed E-state index contributed by atoms with van der Waals surface area (Å²) in [4.78, 5) is 26.3. The molecule has 33 heavy (non-hydrogen) atoms. The van der Waals surface area contributed by atoms with Crippen LogP contribution < -0.4 is 14.8 Å². The molecule has 0 aromatic heterocycles. The van der Waals surface area contributed by atoms with Crippen LogP contribution in [0.15, 0.2) is 78.5 Å². The standard InChI is InChI=1S/C26H23FN2O4/c1-2-32-24-15-20(10-13-23(24)33-17-19-8-11-21(27)12-9-19)14-22-25(30)29(26(31)28-22)16-18-6-4-3-5-7-18/h3-15H,2,16-17H2,1H3,(H,28,31)/b22-14+. The molecule has 1 aliphatic heterocycles. The molecule has 4 rings (SSSR count). The number of imide groups is 1. The molecular weight excluding hydrogens is 423 g/mol. The quantitative estimate of drug-likeness (QED) is 0.395. The fourth-order valence-corrected chi connectivity index (χ4v) is 3.39. The number of nitrogens with zero attached hydrogens (tertiary/aromatic N) is 1. The zero-order valence-electron chi connectivity index (χ0n) is 18.1. The van der Waals surface area contributed by atoms with Gasteiger partial charge in [0.15, 0.2) is 11.5 Å². The summed E-state index contributed by atoms with van der Waals surface area (Å²) in [6.45, 7) is 2.73. The molecule has 0 atom stereocenters. The summed E-state index contributed by atoms with van der Waals surface area (Å²) in [7, 11) is 0. The summed E-state index contributed by atoms with van der Waals surface area (Å²) in [5, 5.41) is 2.64. The lowest BCUT2D eigenvalue weighted by molar-refractivity contribution is -0.123. The summed E-state index contributed by atoms with van der Waals surface area (Å²) < 4.78 is 24.6. The van der Waals surface area contributed by atoms with Crippen molar-refractivity contribution in [1.82, 2.24) is 10.2 Å². The highest BCUT2D eigenvalue weighted by molar-refractivity contribution is 6.13. The van der Waals surface area contributed by atoms with Crippen molar-refractivity contribution >= 4 is 18.0 Å². The molecule has 1 N–H and O–H groups in total. The smallest absolute Gasteiger partial charge is 0.329 e. The minimum Gasteiger partial charge on any atom is -0.490 e. The first-order valence-corrected chi connectivity index (χ1v) is 10.6. The monoisotopic (exact) mass is 446 g/mol. The van der Waals surface area contributed by atoms with E-state index in [1.54, 1.807) is 36.4 Å². The second-order valence-electron chi connectivity index (χ2n) is 7.42. The molecule has 0 spiro atoms. The lowest BCUT2D eigenvalue weighted by Gasteiger charge is -2.13. The predicted octanol–water partition coefficient (Wildman–Crippen LogP) is 4.90. The number of ether oxygens (including phenoxy) is 2. The SMILES string of the molecule is CCOc1cc(/C=C2/NC(=O)N(Cc3ccccc3)C2=O)ccc1OCc1ccc(F)cc1. The summed E-state index contributed by atoms with van der Waals surface area (Å²) >= 11 is 0. The van der Waals surface area contributed by atoms with Gasteiger partial charge in [0.05, 0.1) is 13.2 Å². The van der Waals surface area contributed by atoms with E-state index < -0.39 is 11.9 Å². The van der Waals surface area contributed by atoms with Gasteiger partial charge in [-0.1, -0.05) is 48.5 Å². The second kappa shape index (κ2) is 9.99. The molecule has 0 saturated carbocycles. The zero-order valence-corrected chi connectivity index (χ0v) is 18.1. The molecule has 1 fully saturated rings. The third kappa shape index (κ3) is 5.38. The van der Waals surface area contributed by atoms with Gasteiger partial charge in [0.1, 0.15) is 18.1 Å². The normalized spacial score (nSPS) is 14.5. The Labute approximate surface area is 191 Å². The molecule has 3 aromatic rings. The molecule has 3 aromatic carbocycles. The largest absolute Gasteiger partial charge is 0.490 e. The van der Waals surface area contributed by atoms with E-state index in [-0.39, 0.29) is 24.7 Å². The molecule has 0 unspecified atom stereocenters. The Balaban J connectivity index is 1.50. The second-order valence-corrected chi connectivity index (χ2v) is 7.42. The van der Waals surface area contributed by atoms with Crippen molar-refractivity contribution in [2.45, 2.75) is 20.1 Å². The minimum atomic E-state index is -0.459. The van der Waals surface area contributed by atoms with Gasteiger partial charge in [0.25, 0.3) is 5.91 Å². The molecule has 1 heterocycles. The minimum absolute atomic E-state index is 0.193. The number of carbonyl (C=O) groups is 2. The maximum atomic E-state index is 13.1. The van der Waals surface area contributed by atoms with Crippen LogP contribution in [-0.4, -0.2) is 23.4 Å². The number of nitrogens with one attached hydrogen (secondary N) is 1. The van der Waals surface area contributed by atoms with Crippen LogP contribution in [0, 0.1) is 5.82 Å². The van der Waals surface area contributed by atoms with E-state index in [9.17, 15) is 14.0 Å². The van der Waals surface area contributed by atoms with E-state index in [1.165, 1.54) is 17.0 Å². The maximum absolute atomic E-state index is 13.1. The zero-order chi connectivity index (χ0) is 23.2. The van der Waals surface area contributed by atoms with E-state index in [2.05, 4.69) is 5.32 Å². The highest BCUT2D eigenvalue weighted by Gasteiger charge is 2.33. The highest BCUT2D eigenvalue weighted by Crippen LogP contribution is 2.30. The van der Waals surface area contributed by atoms with Gasteiger partial charge in [0, 0.05) is 0 Å². The fraction of sp³-hybridized carbons (Fsp3) is 0.154. The van der Waals surface area contributed by atoms with Crippen molar-refractivity contribution in [1.29, 1.82) is 0 Å². The van der Waals surface area contributed by atoms with Crippen LogP contribution >= 0.6 is 0 Å². The van der Waals surface area contributed by atoms with E-state index in [4.69, 9.17) is 9.47 Å². The number of rotatable bonds is 8. The van der Waals surface area contributed by atoms with Crippen LogP contribution in [0.25, 0.3) is 6.08 Å². The number of hydrogen-bond donors (Lipinski definition) is 1. The summed E-state index contributed by atoms with van der Waals surface area (Å²) in [5.74, 6) is 0.336. The Kier molecular flexibility index (Phi) is 6.69. The third-order valence-electron chi connectivity index (χ3n) is 5.03. The molecule has 168 valence electrons. The average molecular weight is 446 g/mol. The number of benzene rings is 3. The van der Waals surface area contributed by atoms with Crippen molar-refractivity contribution < 1.29 is 23.5 Å². The van der Waals surface area contributed by atoms with E-state index >= 15 is 0 Å². The summed E-state index contributed by atoms with van der Waals surface area (Å²) in [5.41, 5.74) is 2.56. The number of urea groups is 1. The van der Waals surface area contributed by atoms with Crippen molar-refractivity contribution in [3.05, 3.63) is 101 Å². The van der Waals surface area contributed by atoms with Crippen LogP contribution in [0.2, 0.25) is 0 Å². The molecule has 3 amide bonds. The lowest BCUT2D eigenvalue weighted by Crippen LogP contribution is -2.30. The topological polar surface area (TPSA) is 67.9 Å². The van der Waals surface area contributed by atoms with Crippen LogP contribution in [0.4, 0.5) is 9.18 Å². The van der Waals surface area contributed by atoms with E-state index in [0.29, 0.717) is 23.7 Å². The third-order valence-corrected chi connectivity index (χ3v) is 5.03. The summed E-state index contributed by atoms with van der Waals surface area (Å²) in [6.07, 6.45) is 1.61. The number of hydrogen-bond acceptors (Lipinski definition) is 4. The van der Waals surface area contributed by atoms with Gasteiger partial charge >= 0.3 is 6.03 Å². The van der Waals surface area contributed by atoms with Gasteiger partial charge < -0.3 is 14.8 Å². The Bertz CT molecular complexity index is 1180. The van der Waals surface area contributed by atoms with Crippen LogP contribution in [0.3, 0.4) is 0 Å². The van der Waals surface area contributed by atoms with Gasteiger partial charge in [-0.15, -0.1) is 0 Å². The lowest BCUT2D eigenvalue weighted by atomic mass is 10.1. The first-order chi connectivity index (χ1) is 16.0. The van der Waals surface area contributed by atoms with Crippen LogP contribution in [-0.2, 0) is 17.9 Å². The van der Waals surface area contributed by atoms with E-state index in [0.717, 1.165) is 11.1 Å². The van der Waals surface area contributed by atoms with Crippen molar-refractivity contribution in [2.24, 2.45) is 0 Å². The first-order valence-electron chi connectivity index (χ1n) is 10.6. The van der Waals surface area contributed by atoms with Crippen molar-refractivity contribution in [3.8, 4) is 11.5 Å². The van der Waals surface area contributed by atoms with Crippen LogP contribution in [0.1, 0.15) is 23.6 Å². The summed E-state index contributed by atoms with van der Waals surface area (Å²) in [6, 6.07) is 20.2. The molecule has 7 heteroatoms. The van der Waals surface area contributed by atoms with Gasteiger partial charge in [-0.25, -0.2) is 9.18 Å². The molecule has 6 nitrogen and oxygen atoms in total. The first kappa shape index (κ1) is 22.1. The average Bonchev–Trinajstić information content (AvgIpc) is 3.08. The van der Waals surface area contributed by atoms with E-state index in [1.807, 2.05) is 37.3 Å². The number of halogens is 1. The molecule has 0 bridgehead atoms. The van der Waals surface area contributed by atoms with Gasteiger partial charge in [-0.3, -0.25) is 9.69 Å². The Morgan fingerprint density at radius 2 is 1.67 bits per heavy atom. The van der Waals surface area contributed by atoms with Crippen LogP contribution in [0.5, 0.6) is 11.5 Å². The molecule has 1 saturated heterocycles. The van der Waals surface area contributed by atoms with Gasteiger partial charge in [-0.2, -0.15) is 0 Å². The number of amides is 3. The molecule has 1 aliphatic rings. The Morgan fingerprint density at radius 1 is 0.909 bits per heavy atom. The van der Waals surface area contributed by atoms with Gasteiger partial charge in [0.2, 0.25) is 0 Å². The maximum Gasteiger partial charge on any atom is 0.329 e. The molecule has 0 aliphatic carbocycles. The number of carbonyl (C=O) groups excluding carboxylic acids is 2. The van der Waals surface area contributed by atoms with Crippen molar-refractivity contribution in [3.63, 3.8) is 0 Å². The predicted molar refractivity (Wildman–Crippen MR) is 122 cm³/mol. The molecular formula is C26H23FN2O4. The Hall–Kier alpha value is -4.13. The van der Waals surface area contributed by atoms with Gasteiger partial charge in [-0.05, 0) is 54.0 Å². The van der Waals surface area contributed by atoms with Crippen molar-refractivity contribution in [2.75, 3.05) is 6.61 Å². The molecule has 0 radical (unpaired) electrons. The Morgan fingerprint density at radius 3 is 2.39 bits per heavy atom. The fourth-order valence-electron chi connectivity index (χ4n) is 3.39. The highest BCUT2D eigenvalue weighted by atomic mass is 19.1.